The molecule has 2 rings (SSSR count). The van der Waals surface area contributed by atoms with Crippen LogP contribution >= 0.6 is 0 Å². The third-order valence-electron chi connectivity index (χ3n) is 2.78. The van der Waals surface area contributed by atoms with Gasteiger partial charge in [-0.05, 0) is 24.6 Å². The zero-order valence-corrected chi connectivity index (χ0v) is 11.7. The normalized spacial score (nSPS) is 11.7. The van der Waals surface area contributed by atoms with Crippen LogP contribution < -0.4 is 10.5 Å². The van der Waals surface area contributed by atoms with E-state index in [4.69, 9.17) is 5.73 Å². The van der Waals surface area contributed by atoms with Crippen molar-refractivity contribution in [2.75, 3.05) is 12.3 Å². The number of hydrogen-bond acceptors (Lipinski definition) is 4. The van der Waals surface area contributed by atoms with E-state index in [1.54, 1.807) is 12.4 Å². The number of aromatic nitrogens is 2. The SMILES string of the molecule is Cc1cc(S(=O)(=O)NCCc2ncc[nH]2)cc(N)c1F. The molecule has 6 nitrogen and oxygen atoms in total. The fourth-order valence-corrected chi connectivity index (χ4v) is 2.89. The monoisotopic (exact) mass is 298 g/mol. The minimum atomic E-state index is -3.71. The first kappa shape index (κ1) is 14.5. The predicted octanol–water partition coefficient (Wildman–Crippen LogP) is 0.960. The van der Waals surface area contributed by atoms with Gasteiger partial charge in [0.05, 0.1) is 10.6 Å². The van der Waals surface area contributed by atoms with Crippen LogP contribution in [0.1, 0.15) is 11.4 Å². The Kier molecular flexibility index (Phi) is 4.05. The summed E-state index contributed by atoms with van der Waals surface area (Å²) < 4.78 is 39.9. The molecule has 0 aliphatic heterocycles. The van der Waals surface area contributed by atoms with E-state index < -0.39 is 15.8 Å². The lowest BCUT2D eigenvalue weighted by atomic mass is 10.2. The molecule has 0 spiro atoms. The van der Waals surface area contributed by atoms with Crippen LogP contribution in [0.4, 0.5) is 10.1 Å². The van der Waals surface area contributed by atoms with Crippen molar-refractivity contribution in [3.05, 3.63) is 41.7 Å². The number of nitrogens with one attached hydrogen (secondary N) is 2. The van der Waals surface area contributed by atoms with E-state index in [0.29, 0.717) is 12.2 Å². The second-order valence-electron chi connectivity index (χ2n) is 4.33. The maximum atomic E-state index is 13.4. The Morgan fingerprint density at radius 1 is 1.45 bits per heavy atom. The molecule has 1 aromatic heterocycles. The molecular weight excluding hydrogens is 283 g/mol. The lowest BCUT2D eigenvalue weighted by Gasteiger charge is -2.09. The third kappa shape index (κ3) is 3.14. The average Bonchev–Trinajstić information content (AvgIpc) is 2.88. The van der Waals surface area contributed by atoms with E-state index in [9.17, 15) is 12.8 Å². The van der Waals surface area contributed by atoms with Gasteiger partial charge in [-0.1, -0.05) is 0 Å². The standard InChI is InChI=1S/C12H15FN4O2S/c1-8-6-9(7-10(14)12(8)13)20(18,19)17-3-2-11-15-4-5-16-11/h4-7,17H,2-3,14H2,1H3,(H,15,16). The molecule has 4 N–H and O–H groups in total. The highest BCUT2D eigenvalue weighted by Crippen LogP contribution is 2.20. The molecule has 0 saturated heterocycles. The Labute approximate surface area is 116 Å². The van der Waals surface area contributed by atoms with Gasteiger partial charge in [-0.25, -0.2) is 22.5 Å². The molecule has 0 atom stereocenters. The number of benzene rings is 1. The molecule has 20 heavy (non-hydrogen) atoms. The van der Waals surface area contributed by atoms with Crippen molar-refractivity contribution in [3.63, 3.8) is 0 Å². The van der Waals surface area contributed by atoms with Crippen LogP contribution in [0.25, 0.3) is 0 Å². The van der Waals surface area contributed by atoms with E-state index in [-0.39, 0.29) is 22.7 Å². The van der Waals surface area contributed by atoms with Gasteiger partial charge >= 0.3 is 0 Å². The van der Waals surface area contributed by atoms with Crippen LogP contribution in [-0.2, 0) is 16.4 Å². The molecule has 0 amide bonds. The Hall–Kier alpha value is -1.93. The summed E-state index contributed by atoms with van der Waals surface area (Å²) in [5.74, 6) is 0.0852. The van der Waals surface area contributed by atoms with E-state index in [1.807, 2.05) is 0 Å². The maximum absolute atomic E-state index is 13.4. The molecule has 0 saturated carbocycles. The smallest absolute Gasteiger partial charge is 0.240 e. The molecule has 0 aliphatic carbocycles. The minimum absolute atomic E-state index is 0.0478. The van der Waals surface area contributed by atoms with Crippen molar-refractivity contribution < 1.29 is 12.8 Å². The number of imidazole rings is 1. The van der Waals surface area contributed by atoms with Crippen molar-refractivity contribution in [3.8, 4) is 0 Å². The van der Waals surface area contributed by atoms with Crippen LogP contribution in [0.15, 0.2) is 29.4 Å². The van der Waals surface area contributed by atoms with Gasteiger partial charge in [-0.15, -0.1) is 0 Å². The number of nitrogens with two attached hydrogens (primary N) is 1. The van der Waals surface area contributed by atoms with Crippen LogP contribution in [0.2, 0.25) is 0 Å². The summed E-state index contributed by atoms with van der Waals surface area (Å²) in [6.45, 7) is 1.65. The van der Waals surface area contributed by atoms with Crippen molar-refractivity contribution in [1.82, 2.24) is 14.7 Å². The summed E-state index contributed by atoms with van der Waals surface area (Å²) in [7, 11) is -3.71. The highest BCUT2D eigenvalue weighted by molar-refractivity contribution is 7.89. The molecule has 2 aromatic rings. The van der Waals surface area contributed by atoms with Gasteiger partial charge in [-0.2, -0.15) is 0 Å². The first-order valence-corrected chi connectivity index (χ1v) is 7.42. The van der Waals surface area contributed by atoms with Crippen LogP contribution in [0, 0.1) is 12.7 Å². The summed E-state index contributed by atoms with van der Waals surface area (Å²) in [4.78, 5) is 6.81. The first-order valence-electron chi connectivity index (χ1n) is 5.93. The van der Waals surface area contributed by atoms with Gasteiger partial charge in [-0.3, -0.25) is 0 Å². The van der Waals surface area contributed by atoms with E-state index in [0.717, 1.165) is 6.07 Å². The molecule has 1 heterocycles. The largest absolute Gasteiger partial charge is 0.396 e. The zero-order chi connectivity index (χ0) is 14.8. The Morgan fingerprint density at radius 3 is 2.80 bits per heavy atom. The maximum Gasteiger partial charge on any atom is 0.240 e. The number of anilines is 1. The molecule has 0 unspecified atom stereocenters. The summed E-state index contributed by atoms with van der Waals surface area (Å²) in [6.07, 6.45) is 3.68. The number of halogens is 1. The average molecular weight is 298 g/mol. The molecule has 0 aliphatic rings. The highest BCUT2D eigenvalue weighted by atomic mass is 32.2. The van der Waals surface area contributed by atoms with Gasteiger partial charge in [0.1, 0.15) is 11.6 Å². The third-order valence-corrected chi connectivity index (χ3v) is 4.22. The number of nitrogen functional groups attached to an aromatic ring is 1. The van der Waals surface area contributed by atoms with Gasteiger partial charge in [0.15, 0.2) is 0 Å². The number of nitrogens with zero attached hydrogens (tertiary/aromatic N) is 1. The second-order valence-corrected chi connectivity index (χ2v) is 6.09. The highest BCUT2D eigenvalue weighted by Gasteiger charge is 2.17. The number of rotatable bonds is 5. The molecule has 108 valence electrons. The van der Waals surface area contributed by atoms with Crippen molar-refractivity contribution in [1.29, 1.82) is 0 Å². The Bertz CT molecular complexity index is 675. The molecule has 8 heteroatoms. The summed E-state index contributed by atoms with van der Waals surface area (Å²) >= 11 is 0. The number of H-pyrrole nitrogens is 1. The Balaban J connectivity index is 2.10. The summed E-state index contributed by atoms with van der Waals surface area (Å²) in [6, 6.07) is 2.36. The fraction of sp³-hybridized carbons (Fsp3) is 0.250. The van der Waals surface area contributed by atoms with E-state index in [2.05, 4.69) is 14.7 Å². The summed E-state index contributed by atoms with van der Waals surface area (Å²) in [5, 5.41) is 0. The number of aromatic amines is 1. The number of hydrogen-bond donors (Lipinski definition) is 3. The fourth-order valence-electron chi connectivity index (χ4n) is 1.74. The van der Waals surface area contributed by atoms with Gasteiger partial charge in [0.2, 0.25) is 10.0 Å². The molecule has 1 aromatic carbocycles. The number of aryl methyl sites for hydroxylation is 1. The molecular formula is C12H15FN4O2S. The minimum Gasteiger partial charge on any atom is -0.396 e. The van der Waals surface area contributed by atoms with Crippen LogP contribution in [0.3, 0.4) is 0 Å². The van der Waals surface area contributed by atoms with Crippen LogP contribution in [0.5, 0.6) is 0 Å². The van der Waals surface area contributed by atoms with Gasteiger partial charge in [0.25, 0.3) is 0 Å². The molecule has 0 bridgehead atoms. The quantitative estimate of drug-likeness (QED) is 0.716. The molecule has 0 fully saturated rings. The van der Waals surface area contributed by atoms with E-state index >= 15 is 0 Å². The lowest BCUT2D eigenvalue weighted by Crippen LogP contribution is -2.26. The van der Waals surface area contributed by atoms with Gasteiger partial charge < -0.3 is 10.7 Å². The lowest BCUT2D eigenvalue weighted by molar-refractivity contribution is 0.579. The van der Waals surface area contributed by atoms with Crippen molar-refractivity contribution >= 4 is 15.7 Å². The second kappa shape index (κ2) is 5.59. The number of sulfonamides is 1. The predicted molar refractivity (Wildman–Crippen MR) is 73.0 cm³/mol. The molecule has 0 radical (unpaired) electrons. The van der Waals surface area contributed by atoms with Gasteiger partial charge in [0, 0.05) is 25.4 Å². The van der Waals surface area contributed by atoms with Crippen LogP contribution in [-0.4, -0.2) is 24.9 Å². The van der Waals surface area contributed by atoms with E-state index in [1.165, 1.54) is 13.0 Å². The topological polar surface area (TPSA) is 101 Å². The zero-order valence-electron chi connectivity index (χ0n) is 10.9. The van der Waals surface area contributed by atoms with Crippen molar-refractivity contribution in [2.24, 2.45) is 0 Å². The Morgan fingerprint density at radius 2 is 2.20 bits per heavy atom. The first-order chi connectivity index (χ1) is 9.40. The van der Waals surface area contributed by atoms with Crippen molar-refractivity contribution in [2.45, 2.75) is 18.2 Å². The summed E-state index contributed by atoms with van der Waals surface area (Å²) in [5.41, 5.74) is 5.45.